The van der Waals surface area contributed by atoms with Crippen molar-refractivity contribution in [2.45, 2.75) is 11.4 Å². The lowest BCUT2D eigenvalue weighted by atomic mass is 10.3. The molecule has 0 fully saturated rings. The van der Waals surface area contributed by atoms with Gasteiger partial charge in [0.15, 0.2) is 4.80 Å². The van der Waals surface area contributed by atoms with Crippen LogP contribution < -0.4 is 9.94 Å². The number of nitrogens with two attached hydrogens (primary N) is 1. The van der Waals surface area contributed by atoms with Crippen LogP contribution in [0.2, 0.25) is 0 Å². The molecular formula is C15H13N5O3S2. The van der Waals surface area contributed by atoms with Crippen LogP contribution >= 0.6 is 11.3 Å². The third kappa shape index (κ3) is 3.55. The van der Waals surface area contributed by atoms with E-state index >= 15 is 0 Å². The highest BCUT2D eigenvalue weighted by Crippen LogP contribution is 2.21. The molecule has 10 heteroatoms. The molecule has 0 aliphatic rings. The number of hydrogen-bond donors (Lipinski definition) is 1. The Kier molecular flexibility index (Phi) is 4.57. The van der Waals surface area contributed by atoms with Gasteiger partial charge in [-0.25, -0.2) is 18.5 Å². The molecule has 2 N–H and O–H groups in total. The molecule has 3 aromatic rings. The molecule has 0 spiro atoms. The second kappa shape index (κ2) is 6.67. The Morgan fingerprint density at radius 3 is 2.84 bits per heavy atom. The Hall–Kier alpha value is -2.69. The second-order valence-electron chi connectivity index (χ2n) is 4.97. The quantitative estimate of drug-likeness (QED) is 0.684. The summed E-state index contributed by atoms with van der Waals surface area (Å²) in [4.78, 5) is 24.5. The third-order valence-corrected chi connectivity index (χ3v) is 5.23. The van der Waals surface area contributed by atoms with Crippen molar-refractivity contribution in [3.8, 4) is 0 Å². The maximum Gasteiger partial charge on any atom is 0.299 e. The normalized spacial score (nSPS) is 12.4. The zero-order valence-electron chi connectivity index (χ0n) is 12.9. The lowest BCUT2D eigenvalue weighted by Crippen LogP contribution is -2.16. The summed E-state index contributed by atoms with van der Waals surface area (Å²) < 4.78 is 25.4. The van der Waals surface area contributed by atoms with Crippen LogP contribution in [0.1, 0.15) is 10.5 Å². The number of benzene rings is 1. The number of carbonyl (C=O) groups is 1. The number of sulfonamides is 1. The van der Waals surface area contributed by atoms with Crippen LogP contribution in [0.5, 0.6) is 0 Å². The van der Waals surface area contributed by atoms with Gasteiger partial charge in [0, 0.05) is 18.9 Å². The highest BCUT2D eigenvalue weighted by molar-refractivity contribution is 7.89. The van der Waals surface area contributed by atoms with Crippen LogP contribution in [0, 0.1) is 0 Å². The van der Waals surface area contributed by atoms with Crippen molar-refractivity contribution in [2.24, 2.45) is 10.1 Å². The lowest BCUT2D eigenvalue weighted by Gasteiger charge is -2.02. The van der Waals surface area contributed by atoms with E-state index in [0.717, 1.165) is 5.52 Å². The monoisotopic (exact) mass is 375 g/mol. The number of carbonyl (C=O) groups excluding carboxylic acids is 1. The fraction of sp³-hybridized carbons (Fsp3) is 0.0667. The van der Waals surface area contributed by atoms with E-state index in [1.807, 2.05) is 0 Å². The van der Waals surface area contributed by atoms with Crippen molar-refractivity contribution in [1.29, 1.82) is 0 Å². The van der Waals surface area contributed by atoms with Crippen LogP contribution in [-0.2, 0) is 16.6 Å². The van der Waals surface area contributed by atoms with Crippen LogP contribution in [-0.4, -0.2) is 28.9 Å². The van der Waals surface area contributed by atoms with Crippen molar-refractivity contribution in [3.05, 3.63) is 59.9 Å². The predicted octanol–water partition coefficient (Wildman–Crippen LogP) is 1.07. The first kappa shape index (κ1) is 17.1. The number of thiazole rings is 1. The van der Waals surface area contributed by atoms with E-state index < -0.39 is 15.9 Å². The van der Waals surface area contributed by atoms with Crippen LogP contribution in [0.3, 0.4) is 0 Å². The average Bonchev–Trinajstić information content (AvgIpc) is 2.92. The third-order valence-electron chi connectivity index (χ3n) is 3.27. The number of allylic oxidation sites excluding steroid dienone is 1. The molecule has 1 amide bonds. The Labute approximate surface area is 147 Å². The summed E-state index contributed by atoms with van der Waals surface area (Å²) in [6.45, 7) is 4.10. The molecule has 0 radical (unpaired) electrons. The standard InChI is InChI=1S/C15H13N5O3S2/c1-2-7-20-12-4-3-10(25(16,22)23)8-13(12)24-15(20)19-14(21)11-9-17-5-6-18-11/h2-6,8-9H,1,7H2,(H2,16,22,23). The number of rotatable bonds is 4. The molecular weight excluding hydrogens is 362 g/mol. The summed E-state index contributed by atoms with van der Waals surface area (Å²) in [5.74, 6) is -0.538. The number of hydrogen-bond acceptors (Lipinski definition) is 6. The highest BCUT2D eigenvalue weighted by Gasteiger charge is 2.13. The number of amides is 1. The van der Waals surface area contributed by atoms with E-state index in [2.05, 4.69) is 21.5 Å². The minimum absolute atomic E-state index is 0.00111. The number of nitrogens with zero attached hydrogens (tertiary/aromatic N) is 4. The van der Waals surface area contributed by atoms with Gasteiger partial charge in [0.2, 0.25) is 10.0 Å². The van der Waals surface area contributed by atoms with E-state index in [1.165, 1.54) is 42.1 Å². The van der Waals surface area contributed by atoms with Gasteiger partial charge in [0.25, 0.3) is 5.91 Å². The molecule has 2 heterocycles. The zero-order valence-corrected chi connectivity index (χ0v) is 14.5. The summed E-state index contributed by atoms with van der Waals surface area (Å²) in [7, 11) is -3.81. The van der Waals surface area contributed by atoms with E-state index in [1.54, 1.807) is 16.7 Å². The first-order valence-electron chi connectivity index (χ1n) is 7.02. The van der Waals surface area contributed by atoms with Crippen molar-refractivity contribution >= 4 is 37.5 Å². The smallest absolute Gasteiger partial charge is 0.299 e. The molecule has 0 aliphatic carbocycles. The fourth-order valence-corrected chi connectivity index (χ4v) is 3.87. The molecule has 25 heavy (non-hydrogen) atoms. The van der Waals surface area contributed by atoms with Gasteiger partial charge < -0.3 is 4.57 Å². The number of primary sulfonamides is 1. The van der Waals surface area contributed by atoms with Gasteiger partial charge in [-0.05, 0) is 18.2 Å². The summed E-state index contributed by atoms with van der Waals surface area (Å²) in [6.07, 6.45) is 5.86. The van der Waals surface area contributed by atoms with Crippen LogP contribution in [0.25, 0.3) is 10.2 Å². The van der Waals surface area contributed by atoms with E-state index in [4.69, 9.17) is 5.14 Å². The fourth-order valence-electron chi connectivity index (χ4n) is 2.18. The summed E-state index contributed by atoms with van der Waals surface area (Å²) >= 11 is 1.18. The van der Waals surface area contributed by atoms with Crippen molar-refractivity contribution < 1.29 is 13.2 Å². The van der Waals surface area contributed by atoms with E-state index in [0.29, 0.717) is 16.0 Å². The second-order valence-corrected chi connectivity index (χ2v) is 7.54. The van der Waals surface area contributed by atoms with E-state index in [9.17, 15) is 13.2 Å². The highest BCUT2D eigenvalue weighted by atomic mass is 32.2. The van der Waals surface area contributed by atoms with Gasteiger partial charge in [0.05, 0.1) is 21.3 Å². The Balaban J connectivity index is 2.20. The Morgan fingerprint density at radius 2 is 2.20 bits per heavy atom. The Bertz CT molecular complexity index is 1130. The molecule has 128 valence electrons. The molecule has 0 aliphatic heterocycles. The van der Waals surface area contributed by atoms with Gasteiger partial charge in [-0.1, -0.05) is 17.4 Å². The number of fused-ring (bicyclic) bond motifs is 1. The zero-order chi connectivity index (χ0) is 18.0. The maximum absolute atomic E-state index is 12.3. The van der Waals surface area contributed by atoms with Crippen LogP contribution in [0.15, 0.2) is 59.3 Å². The molecule has 0 bridgehead atoms. The lowest BCUT2D eigenvalue weighted by molar-refractivity contribution is 0.0992. The average molecular weight is 375 g/mol. The number of aromatic nitrogens is 3. The van der Waals surface area contributed by atoms with Crippen molar-refractivity contribution in [2.75, 3.05) is 0 Å². The molecule has 2 aromatic heterocycles. The molecule has 0 unspecified atom stereocenters. The minimum atomic E-state index is -3.81. The van der Waals surface area contributed by atoms with Gasteiger partial charge in [0.1, 0.15) is 5.69 Å². The molecule has 0 atom stereocenters. The van der Waals surface area contributed by atoms with Gasteiger partial charge in [-0.3, -0.25) is 9.78 Å². The molecule has 8 nitrogen and oxygen atoms in total. The van der Waals surface area contributed by atoms with E-state index in [-0.39, 0.29) is 10.6 Å². The molecule has 3 rings (SSSR count). The predicted molar refractivity (Wildman–Crippen MR) is 93.3 cm³/mol. The molecule has 1 aromatic carbocycles. The molecule has 0 saturated carbocycles. The maximum atomic E-state index is 12.3. The van der Waals surface area contributed by atoms with Crippen molar-refractivity contribution in [3.63, 3.8) is 0 Å². The topological polar surface area (TPSA) is 120 Å². The summed E-state index contributed by atoms with van der Waals surface area (Å²) in [5, 5.41) is 5.17. The van der Waals surface area contributed by atoms with Gasteiger partial charge in [-0.2, -0.15) is 4.99 Å². The van der Waals surface area contributed by atoms with Crippen LogP contribution in [0.4, 0.5) is 0 Å². The van der Waals surface area contributed by atoms with Gasteiger partial charge >= 0.3 is 0 Å². The first-order chi connectivity index (χ1) is 11.9. The largest absolute Gasteiger partial charge is 0.312 e. The Morgan fingerprint density at radius 1 is 1.40 bits per heavy atom. The summed E-state index contributed by atoms with van der Waals surface area (Å²) in [5.41, 5.74) is 0.846. The first-order valence-corrected chi connectivity index (χ1v) is 9.38. The van der Waals surface area contributed by atoms with Gasteiger partial charge in [-0.15, -0.1) is 6.58 Å². The van der Waals surface area contributed by atoms with Crippen molar-refractivity contribution in [1.82, 2.24) is 14.5 Å². The molecule has 0 saturated heterocycles. The minimum Gasteiger partial charge on any atom is -0.312 e. The SMILES string of the molecule is C=CCn1c(=NC(=O)c2cnccn2)sc2cc(S(N)(=O)=O)ccc21. The summed E-state index contributed by atoms with van der Waals surface area (Å²) in [6, 6.07) is 4.50.